The maximum Gasteiger partial charge on any atom is 0.323 e. The third-order valence-corrected chi connectivity index (χ3v) is 2.69. The summed E-state index contributed by atoms with van der Waals surface area (Å²) in [6, 6.07) is 0. The summed E-state index contributed by atoms with van der Waals surface area (Å²) in [5.41, 5.74) is 4.63. The molecule has 0 aromatic heterocycles. The van der Waals surface area contributed by atoms with Gasteiger partial charge in [0.25, 0.3) is 0 Å². The van der Waals surface area contributed by atoms with Crippen LogP contribution in [0.5, 0.6) is 0 Å². The molecule has 5 heteroatoms. The first-order chi connectivity index (χ1) is 8.06. The van der Waals surface area contributed by atoms with Crippen molar-refractivity contribution in [3.63, 3.8) is 0 Å². The van der Waals surface area contributed by atoms with E-state index in [-0.39, 0.29) is 0 Å². The molecule has 0 saturated carbocycles. The van der Waals surface area contributed by atoms with Gasteiger partial charge < -0.3 is 20.3 Å². The van der Waals surface area contributed by atoms with Crippen molar-refractivity contribution in [1.29, 1.82) is 0 Å². The van der Waals surface area contributed by atoms with Crippen molar-refractivity contribution in [3.8, 4) is 0 Å². The minimum atomic E-state index is -1.11. The number of carbonyl (C=O) groups is 1. The van der Waals surface area contributed by atoms with Gasteiger partial charge in [0.1, 0.15) is 5.54 Å². The first kappa shape index (κ1) is 16.4. The molecule has 17 heavy (non-hydrogen) atoms. The zero-order valence-corrected chi connectivity index (χ0v) is 10.9. The third-order valence-electron chi connectivity index (χ3n) is 2.69. The van der Waals surface area contributed by atoms with Crippen LogP contribution in [-0.2, 0) is 14.3 Å². The predicted molar refractivity (Wildman–Crippen MR) is 66.0 cm³/mol. The van der Waals surface area contributed by atoms with Gasteiger partial charge in [-0.05, 0) is 25.7 Å². The van der Waals surface area contributed by atoms with Crippen LogP contribution in [0.2, 0.25) is 0 Å². The molecule has 5 nitrogen and oxygen atoms in total. The lowest BCUT2D eigenvalue weighted by molar-refractivity contribution is -0.143. The number of carboxylic acid groups (broad SMARTS) is 1. The zero-order valence-electron chi connectivity index (χ0n) is 10.9. The van der Waals surface area contributed by atoms with E-state index in [1.165, 1.54) is 0 Å². The molecular formula is C12H25NO4. The van der Waals surface area contributed by atoms with Gasteiger partial charge in [0.15, 0.2) is 0 Å². The van der Waals surface area contributed by atoms with Crippen LogP contribution in [0.25, 0.3) is 0 Å². The number of rotatable bonds is 11. The molecule has 0 aliphatic rings. The fourth-order valence-corrected chi connectivity index (χ4v) is 1.39. The Kier molecular flexibility index (Phi) is 9.03. The molecule has 0 amide bonds. The lowest BCUT2D eigenvalue weighted by Gasteiger charge is -2.22. The quantitative estimate of drug-likeness (QED) is 0.539. The van der Waals surface area contributed by atoms with Crippen LogP contribution in [0, 0.1) is 0 Å². The molecule has 0 aromatic rings. The summed E-state index contributed by atoms with van der Waals surface area (Å²) in [6.45, 7) is 6.27. The highest BCUT2D eigenvalue weighted by molar-refractivity contribution is 5.78. The van der Waals surface area contributed by atoms with Crippen molar-refractivity contribution in [2.45, 2.75) is 45.1 Å². The van der Waals surface area contributed by atoms with Crippen molar-refractivity contribution < 1.29 is 19.4 Å². The van der Waals surface area contributed by atoms with Crippen LogP contribution >= 0.6 is 0 Å². The monoisotopic (exact) mass is 247 g/mol. The standard InChI is InChI=1S/C12H25NO4/c1-3-7-16-9-10-17-8-5-6-12(13,4-2)11(14)15/h3-10,13H2,1-2H3,(H,14,15). The number of ether oxygens (including phenoxy) is 2. The van der Waals surface area contributed by atoms with Gasteiger partial charge in [-0.2, -0.15) is 0 Å². The first-order valence-electron chi connectivity index (χ1n) is 6.24. The third kappa shape index (κ3) is 7.31. The van der Waals surface area contributed by atoms with E-state index in [2.05, 4.69) is 6.92 Å². The van der Waals surface area contributed by atoms with Gasteiger partial charge >= 0.3 is 5.97 Å². The summed E-state index contributed by atoms with van der Waals surface area (Å²) >= 11 is 0. The van der Waals surface area contributed by atoms with Gasteiger partial charge in [0, 0.05) is 13.2 Å². The van der Waals surface area contributed by atoms with E-state index in [4.69, 9.17) is 20.3 Å². The second-order valence-electron chi connectivity index (χ2n) is 4.14. The highest BCUT2D eigenvalue weighted by Gasteiger charge is 2.30. The van der Waals surface area contributed by atoms with E-state index in [1.54, 1.807) is 6.92 Å². The SMILES string of the molecule is CCCOCCOCCCC(N)(CC)C(=O)O. The second kappa shape index (κ2) is 9.39. The lowest BCUT2D eigenvalue weighted by Crippen LogP contribution is -2.47. The van der Waals surface area contributed by atoms with E-state index in [0.29, 0.717) is 39.1 Å². The fraction of sp³-hybridized carbons (Fsp3) is 0.917. The Morgan fingerprint density at radius 2 is 1.76 bits per heavy atom. The number of hydrogen-bond donors (Lipinski definition) is 2. The molecule has 0 bridgehead atoms. The minimum Gasteiger partial charge on any atom is -0.480 e. The summed E-state index contributed by atoms with van der Waals surface area (Å²) in [7, 11) is 0. The summed E-state index contributed by atoms with van der Waals surface area (Å²) < 4.78 is 10.6. The fourth-order valence-electron chi connectivity index (χ4n) is 1.39. The van der Waals surface area contributed by atoms with Crippen molar-refractivity contribution in [2.75, 3.05) is 26.4 Å². The van der Waals surface area contributed by atoms with Crippen LogP contribution in [0.3, 0.4) is 0 Å². The van der Waals surface area contributed by atoms with Gasteiger partial charge in [-0.15, -0.1) is 0 Å². The van der Waals surface area contributed by atoms with E-state index in [1.807, 2.05) is 0 Å². The van der Waals surface area contributed by atoms with E-state index < -0.39 is 11.5 Å². The first-order valence-corrected chi connectivity index (χ1v) is 6.24. The molecular weight excluding hydrogens is 222 g/mol. The number of carboxylic acids is 1. The Hall–Kier alpha value is -0.650. The Labute approximate surface area is 103 Å². The Morgan fingerprint density at radius 3 is 2.24 bits per heavy atom. The van der Waals surface area contributed by atoms with E-state index >= 15 is 0 Å². The van der Waals surface area contributed by atoms with Crippen LogP contribution in [0.15, 0.2) is 0 Å². The average Bonchev–Trinajstić information content (AvgIpc) is 2.32. The van der Waals surface area contributed by atoms with Crippen LogP contribution in [0.1, 0.15) is 39.5 Å². The van der Waals surface area contributed by atoms with Gasteiger partial charge in [-0.3, -0.25) is 4.79 Å². The average molecular weight is 247 g/mol. The normalized spacial score (nSPS) is 14.5. The maximum absolute atomic E-state index is 10.9. The van der Waals surface area contributed by atoms with Gasteiger partial charge in [0.2, 0.25) is 0 Å². The topological polar surface area (TPSA) is 81.8 Å². The van der Waals surface area contributed by atoms with Crippen molar-refractivity contribution >= 4 is 5.97 Å². The molecule has 0 heterocycles. The summed E-state index contributed by atoms with van der Waals surface area (Å²) in [6.07, 6.45) is 2.53. The maximum atomic E-state index is 10.9. The number of aliphatic carboxylic acids is 1. The lowest BCUT2D eigenvalue weighted by atomic mass is 9.92. The smallest absolute Gasteiger partial charge is 0.323 e. The van der Waals surface area contributed by atoms with Crippen LogP contribution < -0.4 is 5.73 Å². The summed E-state index contributed by atoms with van der Waals surface area (Å²) in [5, 5.41) is 8.95. The zero-order chi connectivity index (χ0) is 13.1. The molecule has 102 valence electrons. The summed E-state index contributed by atoms with van der Waals surface area (Å²) in [5.74, 6) is -0.939. The van der Waals surface area contributed by atoms with E-state index in [0.717, 1.165) is 13.0 Å². The molecule has 0 saturated heterocycles. The molecule has 0 spiro atoms. The van der Waals surface area contributed by atoms with Crippen molar-refractivity contribution in [1.82, 2.24) is 0 Å². The summed E-state index contributed by atoms with van der Waals surface area (Å²) in [4.78, 5) is 10.9. The predicted octanol–water partition coefficient (Wildman–Crippen LogP) is 1.40. The minimum absolute atomic E-state index is 0.432. The Balaban J connectivity index is 3.47. The van der Waals surface area contributed by atoms with Crippen LogP contribution in [-0.4, -0.2) is 43.0 Å². The van der Waals surface area contributed by atoms with Crippen LogP contribution in [0.4, 0.5) is 0 Å². The number of hydrogen-bond acceptors (Lipinski definition) is 4. The highest BCUT2D eigenvalue weighted by atomic mass is 16.5. The highest BCUT2D eigenvalue weighted by Crippen LogP contribution is 2.14. The molecule has 0 fully saturated rings. The van der Waals surface area contributed by atoms with Gasteiger partial charge in [-0.1, -0.05) is 13.8 Å². The van der Waals surface area contributed by atoms with Gasteiger partial charge in [-0.25, -0.2) is 0 Å². The molecule has 0 aliphatic heterocycles. The molecule has 0 rings (SSSR count). The molecule has 3 N–H and O–H groups in total. The molecule has 1 atom stereocenters. The van der Waals surface area contributed by atoms with Crippen molar-refractivity contribution in [3.05, 3.63) is 0 Å². The largest absolute Gasteiger partial charge is 0.480 e. The Morgan fingerprint density at radius 1 is 1.18 bits per heavy atom. The molecule has 0 aliphatic carbocycles. The van der Waals surface area contributed by atoms with Crippen molar-refractivity contribution in [2.24, 2.45) is 5.73 Å². The van der Waals surface area contributed by atoms with E-state index in [9.17, 15) is 4.79 Å². The molecule has 0 radical (unpaired) electrons. The Bertz CT molecular complexity index is 211. The molecule has 0 aromatic carbocycles. The molecule has 1 unspecified atom stereocenters. The second-order valence-corrected chi connectivity index (χ2v) is 4.14. The number of nitrogens with two attached hydrogens (primary N) is 1. The van der Waals surface area contributed by atoms with Gasteiger partial charge in [0.05, 0.1) is 13.2 Å².